The van der Waals surface area contributed by atoms with Crippen LogP contribution in [0.15, 0.2) is 24.8 Å². The van der Waals surface area contributed by atoms with Crippen molar-refractivity contribution in [2.45, 2.75) is 32.9 Å². The van der Waals surface area contributed by atoms with Crippen molar-refractivity contribution in [1.29, 1.82) is 0 Å². The number of aromatic nitrogens is 4. The second-order valence-electron chi connectivity index (χ2n) is 5.14. The van der Waals surface area contributed by atoms with Crippen molar-refractivity contribution in [3.63, 3.8) is 0 Å². The van der Waals surface area contributed by atoms with Crippen molar-refractivity contribution >= 4 is 18.8 Å². The number of nitrogens with zero attached hydrogens (tertiary/aromatic N) is 4. The SMILES string of the molecule is C=C([C@H](C)OCP(=O)(O)O)[C@H](C)n1cnc2c(C)ncnc21. The van der Waals surface area contributed by atoms with Crippen LogP contribution in [0.1, 0.15) is 25.6 Å². The van der Waals surface area contributed by atoms with Crippen LogP contribution < -0.4 is 0 Å². The van der Waals surface area contributed by atoms with Gasteiger partial charge >= 0.3 is 7.60 Å². The molecule has 9 heteroatoms. The van der Waals surface area contributed by atoms with E-state index in [1.54, 1.807) is 13.3 Å². The number of rotatable bonds is 6. The average Bonchev–Trinajstić information content (AvgIpc) is 2.87. The third kappa shape index (κ3) is 3.59. The average molecular weight is 326 g/mol. The topological polar surface area (TPSA) is 110 Å². The van der Waals surface area contributed by atoms with E-state index in [0.29, 0.717) is 16.7 Å². The molecule has 8 nitrogen and oxygen atoms in total. The predicted octanol–water partition coefficient (Wildman–Crippen LogP) is 1.79. The Morgan fingerprint density at radius 1 is 1.41 bits per heavy atom. The molecule has 2 atom stereocenters. The molecule has 120 valence electrons. The van der Waals surface area contributed by atoms with E-state index in [0.717, 1.165) is 5.69 Å². The van der Waals surface area contributed by atoms with Gasteiger partial charge in [0.15, 0.2) is 5.65 Å². The highest BCUT2D eigenvalue weighted by Crippen LogP contribution is 2.35. The van der Waals surface area contributed by atoms with E-state index in [-0.39, 0.29) is 6.04 Å². The van der Waals surface area contributed by atoms with Crippen molar-refractivity contribution in [1.82, 2.24) is 19.5 Å². The second-order valence-corrected chi connectivity index (χ2v) is 6.72. The summed E-state index contributed by atoms with van der Waals surface area (Å²) in [7, 11) is -4.20. The molecule has 2 aromatic heterocycles. The van der Waals surface area contributed by atoms with E-state index in [2.05, 4.69) is 21.5 Å². The van der Waals surface area contributed by atoms with Crippen molar-refractivity contribution in [2.24, 2.45) is 0 Å². The number of fused-ring (bicyclic) bond motifs is 1. The van der Waals surface area contributed by atoms with Gasteiger partial charge in [-0.3, -0.25) is 4.57 Å². The number of imidazole rings is 1. The Bertz CT molecular complexity index is 739. The van der Waals surface area contributed by atoms with E-state index < -0.39 is 20.0 Å². The predicted molar refractivity (Wildman–Crippen MR) is 81.4 cm³/mol. The standard InChI is InChI=1S/C13H19N4O4P/c1-8(11(4)21-7-22(18,19)20)10(3)17-6-16-12-9(2)14-5-15-13(12)17/h5-6,10-11H,1,7H2,2-4H3,(H2,18,19,20)/t10-,11-/m0/s1. The summed E-state index contributed by atoms with van der Waals surface area (Å²) in [6.45, 7) is 9.43. The molecule has 0 saturated carbocycles. The zero-order valence-electron chi connectivity index (χ0n) is 12.7. The summed E-state index contributed by atoms with van der Waals surface area (Å²) in [6.07, 6.45) is 1.98. The summed E-state index contributed by atoms with van der Waals surface area (Å²) in [5.41, 5.74) is 2.85. The first-order valence-electron chi connectivity index (χ1n) is 6.69. The first kappa shape index (κ1) is 16.8. The number of ether oxygens (including phenoxy) is 1. The molecule has 0 amide bonds. The highest BCUT2D eigenvalue weighted by molar-refractivity contribution is 7.51. The van der Waals surface area contributed by atoms with E-state index in [4.69, 9.17) is 14.5 Å². The van der Waals surface area contributed by atoms with Crippen molar-refractivity contribution < 1.29 is 19.1 Å². The fourth-order valence-corrected chi connectivity index (χ4v) is 2.50. The fraction of sp³-hybridized carbons (Fsp3) is 0.462. The fourth-order valence-electron chi connectivity index (χ4n) is 2.09. The molecule has 0 saturated heterocycles. The zero-order valence-corrected chi connectivity index (χ0v) is 13.6. The molecule has 2 N–H and O–H groups in total. The van der Waals surface area contributed by atoms with Crippen LogP contribution in [0.25, 0.3) is 11.2 Å². The van der Waals surface area contributed by atoms with Crippen LogP contribution in [0.3, 0.4) is 0 Å². The molecule has 0 fully saturated rings. The van der Waals surface area contributed by atoms with Crippen LogP contribution in [0.4, 0.5) is 0 Å². The lowest BCUT2D eigenvalue weighted by atomic mass is 10.1. The van der Waals surface area contributed by atoms with Gasteiger partial charge in [0.25, 0.3) is 0 Å². The Labute approximate surface area is 128 Å². The van der Waals surface area contributed by atoms with Gasteiger partial charge in [0.2, 0.25) is 0 Å². The Morgan fingerprint density at radius 2 is 2.09 bits per heavy atom. The molecule has 0 aliphatic heterocycles. The molecule has 0 bridgehead atoms. The van der Waals surface area contributed by atoms with Crippen LogP contribution in [0, 0.1) is 6.92 Å². The Kier molecular flexibility index (Phi) is 4.77. The maximum atomic E-state index is 10.9. The van der Waals surface area contributed by atoms with Crippen LogP contribution >= 0.6 is 7.60 Å². The lowest BCUT2D eigenvalue weighted by molar-refractivity contribution is 0.107. The van der Waals surface area contributed by atoms with Gasteiger partial charge in [0.05, 0.1) is 24.2 Å². The lowest BCUT2D eigenvalue weighted by Crippen LogP contribution is -2.19. The Hall–Kier alpha value is -1.60. The van der Waals surface area contributed by atoms with Crippen molar-refractivity contribution in [3.05, 3.63) is 30.5 Å². The maximum Gasteiger partial charge on any atom is 0.351 e. The number of hydrogen-bond donors (Lipinski definition) is 2. The van der Waals surface area contributed by atoms with Gasteiger partial charge in [-0.1, -0.05) is 6.58 Å². The Balaban J connectivity index is 2.19. The van der Waals surface area contributed by atoms with E-state index in [1.807, 2.05) is 18.4 Å². The van der Waals surface area contributed by atoms with E-state index in [1.165, 1.54) is 6.33 Å². The number of aryl methyl sites for hydroxylation is 1. The zero-order chi connectivity index (χ0) is 16.5. The molecule has 2 rings (SSSR count). The monoisotopic (exact) mass is 326 g/mol. The quantitative estimate of drug-likeness (QED) is 0.615. The van der Waals surface area contributed by atoms with Crippen LogP contribution in [-0.2, 0) is 9.30 Å². The molecular formula is C13H19N4O4P. The summed E-state index contributed by atoms with van der Waals surface area (Å²) >= 11 is 0. The minimum Gasteiger partial charge on any atom is -0.361 e. The molecular weight excluding hydrogens is 307 g/mol. The first-order chi connectivity index (χ1) is 10.2. The highest BCUT2D eigenvalue weighted by atomic mass is 31.2. The molecule has 0 radical (unpaired) electrons. The largest absolute Gasteiger partial charge is 0.361 e. The summed E-state index contributed by atoms with van der Waals surface area (Å²) in [5, 5.41) is 0. The van der Waals surface area contributed by atoms with Gasteiger partial charge in [-0.15, -0.1) is 0 Å². The van der Waals surface area contributed by atoms with E-state index in [9.17, 15) is 4.57 Å². The smallest absolute Gasteiger partial charge is 0.351 e. The molecule has 0 aliphatic carbocycles. The summed E-state index contributed by atoms with van der Waals surface area (Å²) in [6, 6.07) is -0.189. The summed E-state index contributed by atoms with van der Waals surface area (Å²) in [4.78, 5) is 30.4. The second kappa shape index (κ2) is 6.26. The maximum absolute atomic E-state index is 10.9. The van der Waals surface area contributed by atoms with Crippen LogP contribution in [-0.4, -0.2) is 41.8 Å². The Morgan fingerprint density at radius 3 is 2.73 bits per heavy atom. The minimum atomic E-state index is -4.20. The van der Waals surface area contributed by atoms with E-state index >= 15 is 0 Å². The third-order valence-electron chi connectivity index (χ3n) is 3.51. The molecule has 0 spiro atoms. The normalized spacial score (nSPS) is 15.0. The molecule has 2 aromatic rings. The lowest BCUT2D eigenvalue weighted by Gasteiger charge is -2.22. The summed E-state index contributed by atoms with van der Waals surface area (Å²) < 4.78 is 17.9. The van der Waals surface area contributed by atoms with Crippen molar-refractivity contribution in [2.75, 3.05) is 6.35 Å². The van der Waals surface area contributed by atoms with Gasteiger partial charge < -0.3 is 19.1 Å². The van der Waals surface area contributed by atoms with Gasteiger partial charge in [-0.05, 0) is 26.3 Å². The number of hydrogen-bond acceptors (Lipinski definition) is 5. The third-order valence-corrected chi connectivity index (χ3v) is 4.00. The molecule has 2 heterocycles. The van der Waals surface area contributed by atoms with Gasteiger partial charge in [0.1, 0.15) is 18.2 Å². The first-order valence-corrected chi connectivity index (χ1v) is 8.49. The van der Waals surface area contributed by atoms with Crippen LogP contribution in [0.5, 0.6) is 0 Å². The van der Waals surface area contributed by atoms with Gasteiger partial charge in [-0.2, -0.15) is 0 Å². The molecule has 22 heavy (non-hydrogen) atoms. The highest BCUT2D eigenvalue weighted by Gasteiger charge is 2.22. The minimum absolute atomic E-state index is 0.189. The summed E-state index contributed by atoms with van der Waals surface area (Å²) in [5.74, 6) is 0. The van der Waals surface area contributed by atoms with Crippen LogP contribution in [0.2, 0.25) is 0 Å². The molecule has 0 unspecified atom stereocenters. The van der Waals surface area contributed by atoms with Crippen molar-refractivity contribution in [3.8, 4) is 0 Å². The molecule has 0 aromatic carbocycles. The van der Waals surface area contributed by atoms with Gasteiger partial charge in [-0.25, -0.2) is 15.0 Å². The van der Waals surface area contributed by atoms with Gasteiger partial charge in [0, 0.05) is 0 Å². The molecule has 0 aliphatic rings.